The van der Waals surface area contributed by atoms with Crippen molar-refractivity contribution < 1.29 is 27.5 Å². The first kappa shape index (κ1) is 20.6. The molecule has 1 aliphatic carbocycles. The molecule has 2 aliphatic rings. The van der Waals surface area contributed by atoms with E-state index in [0.29, 0.717) is 0 Å². The van der Waals surface area contributed by atoms with Crippen LogP contribution in [-0.4, -0.2) is 62.1 Å². The van der Waals surface area contributed by atoms with E-state index < -0.39 is 29.6 Å². The highest BCUT2D eigenvalue weighted by Crippen LogP contribution is 2.39. The van der Waals surface area contributed by atoms with Gasteiger partial charge in [-0.2, -0.15) is 13.2 Å². The van der Waals surface area contributed by atoms with Gasteiger partial charge >= 0.3 is 6.18 Å². The third kappa shape index (κ3) is 4.45. The number of carbonyl (C=O) groups excluding carboxylic acids is 2. The van der Waals surface area contributed by atoms with Gasteiger partial charge in [0.25, 0.3) is 5.91 Å². The predicted octanol–water partition coefficient (Wildman–Crippen LogP) is 1.43. The number of hydrogen-bond acceptors (Lipinski definition) is 5. The molecule has 0 unspecified atom stereocenters. The van der Waals surface area contributed by atoms with Gasteiger partial charge in [-0.3, -0.25) is 14.5 Å². The van der Waals surface area contributed by atoms with Crippen molar-refractivity contribution in [3.63, 3.8) is 0 Å². The molecule has 1 atom stereocenters. The number of nitrogens with zero attached hydrogens (tertiary/aromatic N) is 2. The van der Waals surface area contributed by atoms with Crippen molar-refractivity contribution >= 4 is 23.2 Å². The Morgan fingerprint density at radius 3 is 2.71 bits per heavy atom. The molecular formula is C18H23F3N4O3. The average molecular weight is 400 g/mol. The van der Waals surface area contributed by atoms with E-state index in [1.54, 1.807) is 7.05 Å². The number of benzene rings is 1. The maximum absolute atomic E-state index is 13.6. The largest absolute Gasteiger partial charge is 0.418 e. The number of rotatable bonds is 6. The standard InChI is InChI=1S/C18H23F3N4O3/c1-24(12-3-4-12)15(9-22)17(27)23-11-2-5-14(13(8-11)18(19,20)21)25-6-7-28-10-16(25)26/h2,5,8,12,15H,3-4,6-7,9-10,22H2,1H3,(H,23,27)/t15-/m0/s1. The molecule has 2 amide bonds. The lowest BCUT2D eigenvalue weighted by atomic mass is 10.1. The molecule has 0 aromatic heterocycles. The fraction of sp³-hybridized carbons (Fsp3) is 0.556. The lowest BCUT2D eigenvalue weighted by molar-refractivity contribution is -0.137. The molecule has 154 valence electrons. The number of likely N-dealkylation sites (N-methyl/N-ethyl adjacent to an activating group) is 1. The number of hydrogen-bond donors (Lipinski definition) is 2. The summed E-state index contributed by atoms with van der Waals surface area (Å²) in [7, 11) is 1.78. The summed E-state index contributed by atoms with van der Waals surface area (Å²) in [6.07, 6.45) is -2.74. The molecule has 0 radical (unpaired) electrons. The minimum Gasteiger partial charge on any atom is -0.370 e. The number of nitrogens with two attached hydrogens (primary N) is 1. The van der Waals surface area contributed by atoms with Crippen LogP contribution in [0, 0.1) is 0 Å². The highest BCUT2D eigenvalue weighted by Gasteiger charge is 2.38. The summed E-state index contributed by atoms with van der Waals surface area (Å²) in [6, 6.07) is 3.06. The van der Waals surface area contributed by atoms with Crippen LogP contribution in [0.25, 0.3) is 0 Å². The first-order valence-electron chi connectivity index (χ1n) is 9.04. The second-order valence-electron chi connectivity index (χ2n) is 6.97. The van der Waals surface area contributed by atoms with Gasteiger partial charge in [-0.05, 0) is 38.1 Å². The fourth-order valence-electron chi connectivity index (χ4n) is 3.27. The van der Waals surface area contributed by atoms with Gasteiger partial charge in [-0.1, -0.05) is 0 Å². The molecule has 3 rings (SSSR count). The number of alkyl halides is 3. The number of halogens is 3. The topological polar surface area (TPSA) is 87.9 Å². The molecule has 10 heteroatoms. The van der Waals surface area contributed by atoms with Crippen molar-refractivity contribution in [2.24, 2.45) is 5.73 Å². The monoisotopic (exact) mass is 400 g/mol. The molecule has 1 aromatic carbocycles. The Labute approximate surface area is 160 Å². The molecule has 7 nitrogen and oxygen atoms in total. The van der Waals surface area contributed by atoms with E-state index in [-0.39, 0.29) is 43.7 Å². The summed E-state index contributed by atoms with van der Waals surface area (Å²) in [4.78, 5) is 27.4. The average Bonchev–Trinajstić information content (AvgIpc) is 3.47. The maximum Gasteiger partial charge on any atom is 0.418 e. The zero-order valence-electron chi connectivity index (χ0n) is 15.5. The Balaban J connectivity index is 1.84. The quantitative estimate of drug-likeness (QED) is 0.754. The highest BCUT2D eigenvalue weighted by atomic mass is 19.4. The Kier molecular flexibility index (Phi) is 5.92. The molecule has 0 spiro atoms. The number of anilines is 2. The van der Waals surface area contributed by atoms with Crippen LogP contribution in [0.5, 0.6) is 0 Å². The number of amides is 2. The fourth-order valence-corrected chi connectivity index (χ4v) is 3.27. The lowest BCUT2D eigenvalue weighted by Crippen LogP contribution is -2.47. The molecule has 28 heavy (non-hydrogen) atoms. The molecule has 1 saturated heterocycles. The van der Waals surface area contributed by atoms with E-state index in [1.807, 2.05) is 4.90 Å². The van der Waals surface area contributed by atoms with Gasteiger partial charge in [0.15, 0.2) is 0 Å². The molecular weight excluding hydrogens is 377 g/mol. The maximum atomic E-state index is 13.6. The zero-order chi connectivity index (χ0) is 20.5. The summed E-state index contributed by atoms with van der Waals surface area (Å²) < 4.78 is 45.8. The molecule has 0 bridgehead atoms. The third-order valence-corrected chi connectivity index (χ3v) is 4.99. The second kappa shape index (κ2) is 8.06. The zero-order valence-corrected chi connectivity index (χ0v) is 15.5. The van der Waals surface area contributed by atoms with E-state index in [2.05, 4.69) is 5.32 Å². The van der Waals surface area contributed by atoms with E-state index >= 15 is 0 Å². The van der Waals surface area contributed by atoms with Gasteiger partial charge in [0, 0.05) is 24.8 Å². The van der Waals surface area contributed by atoms with E-state index in [0.717, 1.165) is 23.8 Å². The van der Waals surface area contributed by atoms with Crippen molar-refractivity contribution in [1.82, 2.24) is 4.90 Å². The normalized spacial score (nSPS) is 19.1. The molecule has 1 heterocycles. The molecule has 1 saturated carbocycles. The van der Waals surface area contributed by atoms with Gasteiger partial charge in [-0.15, -0.1) is 0 Å². The Hall–Kier alpha value is -2.17. The van der Waals surface area contributed by atoms with Crippen LogP contribution in [0.4, 0.5) is 24.5 Å². The highest BCUT2D eigenvalue weighted by molar-refractivity contribution is 5.98. The van der Waals surface area contributed by atoms with E-state index in [4.69, 9.17) is 10.5 Å². The van der Waals surface area contributed by atoms with Gasteiger partial charge in [0.1, 0.15) is 12.6 Å². The third-order valence-electron chi connectivity index (χ3n) is 4.99. The molecule has 1 aliphatic heterocycles. The summed E-state index contributed by atoms with van der Waals surface area (Å²) in [5.41, 5.74) is 4.46. The van der Waals surface area contributed by atoms with Crippen LogP contribution < -0.4 is 16.0 Å². The van der Waals surface area contributed by atoms with Crippen LogP contribution in [0.2, 0.25) is 0 Å². The SMILES string of the molecule is CN(C1CC1)[C@@H](CN)C(=O)Nc1ccc(N2CCOCC2=O)c(C(F)(F)F)c1. The molecule has 2 fully saturated rings. The van der Waals surface area contributed by atoms with Gasteiger partial charge in [-0.25, -0.2) is 0 Å². The van der Waals surface area contributed by atoms with E-state index in [9.17, 15) is 22.8 Å². The molecule has 3 N–H and O–H groups in total. The Bertz CT molecular complexity index is 752. The first-order valence-corrected chi connectivity index (χ1v) is 9.04. The number of morpholine rings is 1. The summed E-state index contributed by atoms with van der Waals surface area (Å²) in [5.74, 6) is -0.997. The Morgan fingerprint density at radius 2 is 2.14 bits per heavy atom. The minimum atomic E-state index is -4.69. The number of nitrogens with one attached hydrogen (secondary N) is 1. The minimum absolute atomic E-state index is 0.00410. The van der Waals surface area contributed by atoms with E-state index in [1.165, 1.54) is 12.1 Å². The first-order chi connectivity index (χ1) is 13.2. The van der Waals surface area contributed by atoms with Crippen LogP contribution >= 0.6 is 0 Å². The smallest absolute Gasteiger partial charge is 0.370 e. The number of ether oxygens (including phenoxy) is 1. The summed E-state index contributed by atoms with van der Waals surface area (Å²) in [6.45, 7) is -0.00491. The Morgan fingerprint density at radius 1 is 1.43 bits per heavy atom. The van der Waals surface area contributed by atoms with Gasteiger partial charge in [0.2, 0.25) is 5.91 Å². The van der Waals surface area contributed by atoms with Crippen LogP contribution in [0.3, 0.4) is 0 Å². The van der Waals surface area contributed by atoms with Crippen molar-refractivity contribution in [2.45, 2.75) is 31.1 Å². The van der Waals surface area contributed by atoms with Gasteiger partial charge in [0.05, 0.1) is 17.9 Å². The van der Waals surface area contributed by atoms with Crippen LogP contribution in [-0.2, 0) is 20.5 Å². The molecule has 1 aromatic rings. The number of carbonyl (C=O) groups is 2. The lowest BCUT2D eigenvalue weighted by Gasteiger charge is -2.30. The van der Waals surface area contributed by atoms with Crippen molar-refractivity contribution in [1.29, 1.82) is 0 Å². The van der Waals surface area contributed by atoms with Crippen molar-refractivity contribution in [3.8, 4) is 0 Å². The predicted molar refractivity (Wildman–Crippen MR) is 96.9 cm³/mol. The van der Waals surface area contributed by atoms with Gasteiger partial charge < -0.3 is 20.7 Å². The van der Waals surface area contributed by atoms with Crippen molar-refractivity contribution in [2.75, 3.05) is 43.6 Å². The summed E-state index contributed by atoms with van der Waals surface area (Å²) >= 11 is 0. The van der Waals surface area contributed by atoms with Crippen LogP contribution in [0.15, 0.2) is 18.2 Å². The van der Waals surface area contributed by atoms with Crippen molar-refractivity contribution in [3.05, 3.63) is 23.8 Å². The second-order valence-corrected chi connectivity index (χ2v) is 6.97. The van der Waals surface area contributed by atoms with Crippen LogP contribution in [0.1, 0.15) is 18.4 Å². The summed E-state index contributed by atoms with van der Waals surface area (Å²) in [5, 5.41) is 2.52.